The van der Waals surface area contributed by atoms with Gasteiger partial charge in [0.05, 0.1) is 5.88 Å². The molecule has 0 atom stereocenters. The molecule has 0 fully saturated rings. The SMILES string of the molecule is COCc1nnc(CCl)n1-c1ccc(C(N)=O)cc1. The van der Waals surface area contributed by atoms with Gasteiger partial charge in [0.1, 0.15) is 6.61 Å². The van der Waals surface area contributed by atoms with E-state index in [2.05, 4.69) is 10.2 Å². The molecule has 1 aromatic carbocycles. The first-order chi connectivity index (χ1) is 9.17. The number of halogens is 1. The molecular formula is C12H13ClN4O2. The van der Waals surface area contributed by atoms with Crippen LogP contribution in [0.2, 0.25) is 0 Å². The topological polar surface area (TPSA) is 83.0 Å². The Labute approximate surface area is 115 Å². The molecule has 0 aliphatic rings. The first-order valence-corrected chi connectivity index (χ1v) is 6.09. The van der Waals surface area contributed by atoms with Gasteiger partial charge in [0.2, 0.25) is 5.91 Å². The van der Waals surface area contributed by atoms with E-state index in [1.807, 2.05) is 0 Å². The highest BCUT2D eigenvalue weighted by Gasteiger charge is 2.13. The van der Waals surface area contributed by atoms with Crippen molar-refractivity contribution >= 4 is 17.5 Å². The van der Waals surface area contributed by atoms with Gasteiger partial charge in [0.15, 0.2) is 11.6 Å². The number of ether oxygens (including phenoxy) is 1. The molecule has 0 saturated carbocycles. The molecule has 0 unspecified atom stereocenters. The number of hydrogen-bond donors (Lipinski definition) is 1. The molecule has 2 rings (SSSR count). The van der Waals surface area contributed by atoms with E-state index in [1.54, 1.807) is 35.9 Å². The average molecular weight is 281 g/mol. The predicted molar refractivity (Wildman–Crippen MR) is 70.1 cm³/mol. The molecule has 19 heavy (non-hydrogen) atoms. The number of amides is 1. The van der Waals surface area contributed by atoms with Crippen molar-refractivity contribution in [2.45, 2.75) is 12.5 Å². The summed E-state index contributed by atoms with van der Waals surface area (Å²) in [6, 6.07) is 6.82. The van der Waals surface area contributed by atoms with E-state index in [9.17, 15) is 4.79 Å². The van der Waals surface area contributed by atoms with Crippen LogP contribution >= 0.6 is 11.6 Å². The summed E-state index contributed by atoms with van der Waals surface area (Å²) in [6.07, 6.45) is 0. The van der Waals surface area contributed by atoms with Crippen molar-refractivity contribution in [3.8, 4) is 5.69 Å². The van der Waals surface area contributed by atoms with E-state index in [0.29, 0.717) is 23.8 Å². The second kappa shape index (κ2) is 5.81. The summed E-state index contributed by atoms with van der Waals surface area (Å²) in [4.78, 5) is 11.0. The maximum absolute atomic E-state index is 11.0. The summed E-state index contributed by atoms with van der Waals surface area (Å²) in [7, 11) is 1.58. The fraction of sp³-hybridized carbons (Fsp3) is 0.250. The van der Waals surface area contributed by atoms with Crippen LogP contribution in [-0.2, 0) is 17.2 Å². The Bertz CT molecular complexity index is 580. The third kappa shape index (κ3) is 2.74. The zero-order valence-corrected chi connectivity index (χ0v) is 11.1. The molecule has 1 heterocycles. The van der Waals surface area contributed by atoms with Gasteiger partial charge >= 0.3 is 0 Å². The van der Waals surface area contributed by atoms with Gasteiger partial charge in [-0.2, -0.15) is 0 Å². The molecule has 100 valence electrons. The van der Waals surface area contributed by atoms with Crippen molar-refractivity contribution in [3.05, 3.63) is 41.5 Å². The lowest BCUT2D eigenvalue weighted by Gasteiger charge is -2.09. The normalized spacial score (nSPS) is 10.6. The smallest absolute Gasteiger partial charge is 0.248 e. The van der Waals surface area contributed by atoms with Crippen LogP contribution in [0.5, 0.6) is 0 Å². The quantitative estimate of drug-likeness (QED) is 0.836. The number of primary amides is 1. The molecule has 7 heteroatoms. The molecule has 0 bridgehead atoms. The maximum Gasteiger partial charge on any atom is 0.248 e. The number of hydrogen-bond acceptors (Lipinski definition) is 4. The van der Waals surface area contributed by atoms with E-state index in [4.69, 9.17) is 22.1 Å². The fourth-order valence-corrected chi connectivity index (χ4v) is 1.91. The van der Waals surface area contributed by atoms with Crippen LogP contribution in [-0.4, -0.2) is 27.8 Å². The van der Waals surface area contributed by atoms with Crippen molar-refractivity contribution < 1.29 is 9.53 Å². The van der Waals surface area contributed by atoms with Gasteiger partial charge < -0.3 is 10.5 Å². The van der Waals surface area contributed by atoms with Gasteiger partial charge in [-0.15, -0.1) is 21.8 Å². The van der Waals surface area contributed by atoms with Gasteiger partial charge in [-0.1, -0.05) is 0 Å². The summed E-state index contributed by atoms with van der Waals surface area (Å²) in [6.45, 7) is 0.321. The van der Waals surface area contributed by atoms with E-state index in [0.717, 1.165) is 5.69 Å². The Hall–Kier alpha value is -1.92. The number of aromatic nitrogens is 3. The number of rotatable bonds is 5. The predicted octanol–water partition coefficient (Wildman–Crippen LogP) is 1.25. The van der Waals surface area contributed by atoms with Gasteiger partial charge in [0.25, 0.3) is 0 Å². The Morgan fingerprint density at radius 3 is 2.47 bits per heavy atom. The van der Waals surface area contributed by atoms with Crippen molar-refractivity contribution in [1.29, 1.82) is 0 Å². The van der Waals surface area contributed by atoms with Gasteiger partial charge in [-0.25, -0.2) is 0 Å². The molecule has 2 N–H and O–H groups in total. The first-order valence-electron chi connectivity index (χ1n) is 5.55. The van der Waals surface area contributed by atoms with E-state index in [1.165, 1.54) is 0 Å². The molecule has 0 aliphatic carbocycles. The van der Waals surface area contributed by atoms with Crippen molar-refractivity contribution in [2.24, 2.45) is 5.73 Å². The number of carbonyl (C=O) groups excluding carboxylic acids is 1. The monoisotopic (exact) mass is 280 g/mol. The highest BCUT2D eigenvalue weighted by atomic mass is 35.5. The molecular weight excluding hydrogens is 268 g/mol. The van der Waals surface area contributed by atoms with Crippen LogP contribution in [0, 0.1) is 0 Å². The van der Waals surface area contributed by atoms with Gasteiger partial charge in [0, 0.05) is 18.4 Å². The molecule has 2 aromatic rings. The summed E-state index contributed by atoms with van der Waals surface area (Å²) in [5.74, 6) is 1.02. The van der Waals surface area contributed by atoms with Crippen LogP contribution < -0.4 is 5.73 Å². The molecule has 0 aliphatic heterocycles. The maximum atomic E-state index is 11.0. The minimum Gasteiger partial charge on any atom is -0.377 e. The van der Waals surface area contributed by atoms with Crippen LogP contribution in [0.25, 0.3) is 5.69 Å². The average Bonchev–Trinajstić information content (AvgIpc) is 2.82. The van der Waals surface area contributed by atoms with Crippen molar-refractivity contribution in [1.82, 2.24) is 14.8 Å². The highest BCUT2D eigenvalue weighted by molar-refractivity contribution is 6.16. The second-order valence-electron chi connectivity index (χ2n) is 3.85. The summed E-state index contributed by atoms with van der Waals surface area (Å²) < 4.78 is 6.86. The van der Waals surface area contributed by atoms with Crippen LogP contribution in [0.1, 0.15) is 22.0 Å². The zero-order valence-electron chi connectivity index (χ0n) is 10.3. The van der Waals surface area contributed by atoms with Gasteiger partial charge in [-0.3, -0.25) is 9.36 Å². The molecule has 1 aromatic heterocycles. The van der Waals surface area contributed by atoms with E-state index >= 15 is 0 Å². The number of alkyl halides is 1. The number of nitrogens with zero attached hydrogens (tertiary/aromatic N) is 3. The Morgan fingerprint density at radius 1 is 1.32 bits per heavy atom. The van der Waals surface area contributed by atoms with Crippen LogP contribution in [0.4, 0.5) is 0 Å². The van der Waals surface area contributed by atoms with Gasteiger partial charge in [-0.05, 0) is 24.3 Å². The zero-order chi connectivity index (χ0) is 13.8. The van der Waals surface area contributed by atoms with Crippen LogP contribution in [0.15, 0.2) is 24.3 Å². The minimum absolute atomic E-state index is 0.230. The first kappa shape index (κ1) is 13.5. The number of benzene rings is 1. The lowest BCUT2D eigenvalue weighted by atomic mass is 10.2. The Kier molecular flexibility index (Phi) is 4.13. The largest absolute Gasteiger partial charge is 0.377 e. The lowest BCUT2D eigenvalue weighted by Crippen LogP contribution is -2.11. The molecule has 0 spiro atoms. The lowest BCUT2D eigenvalue weighted by molar-refractivity contribution is 0.100. The summed E-state index contributed by atoms with van der Waals surface area (Å²) in [5, 5.41) is 8.02. The third-order valence-corrected chi connectivity index (χ3v) is 2.84. The standard InChI is InChI=1S/C12H13ClN4O2/c1-19-7-11-16-15-10(6-13)17(11)9-4-2-8(3-5-9)12(14)18/h2-5H,6-7H2,1H3,(H2,14,18). The highest BCUT2D eigenvalue weighted by Crippen LogP contribution is 2.16. The number of methoxy groups -OCH3 is 1. The van der Waals surface area contributed by atoms with Crippen molar-refractivity contribution in [2.75, 3.05) is 7.11 Å². The Morgan fingerprint density at radius 2 is 1.95 bits per heavy atom. The van der Waals surface area contributed by atoms with E-state index < -0.39 is 5.91 Å². The number of nitrogens with two attached hydrogens (primary N) is 1. The number of carbonyl (C=O) groups is 1. The van der Waals surface area contributed by atoms with Crippen molar-refractivity contribution in [3.63, 3.8) is 0 Å². The molecule has 1 amide bonds. The summed E-state index contributed by atoms with van der Waals surface area (Å²) >= 11 is 5.84. The van der Waals surface area contributed by atoms with E-state index in [-0.39, 0.29) is 5.88 Å². The molecule has 0 radical (unpaired) electrons. The Balaban J connectivity index is 2.44. The minimum atomic E-state index is -0.468. The second-order valence-corrected chi connectivity index (χ2v) is 4.11. The van der Waals surface area contributed by atoms with Crippen LogP contribution in [0.3, 0.4) is 0 Å². The summed E-state index contributed by atoms with van der Waals surface area (Å²) in [5.41, 5.74) is 6.45. The molecule has 0 saturated heterocycles. The fourth-order valence-electron chi connectivity index (χ4n) is 1.74. The molecule has 6 nitrogen and oxygen atoms in total. The third-order valence-electron chi connectivity index (χ3n) is 2.60.